The maximum Gasteiger partial charge on any atom is 0.263 e. The summed E-state index contributed by atoms with van der Waals surface area (Å²) in [5.74, 6) is 2.40. The maximum atomic E-state index is 11.7. The highest BCUT2D eigenvalue weighted by Gasteiger charge is 2.14. The van der Waals surface area contributed by atoms with E-state index in [4.69, 9.17) is 18.0 Å². The zero-order chi connectivity index (χ0) is 11.3. The van der Waals surface area contributed by atoms with E-state index in [1.807, 2.05) is 6.92 Å². The van der Waals surface area contributed by atoms with E-state index in [-0.39, 0.29) is 11.9 Å². The minimum absolute atomic E-state index is 0.0284. The van der Waals surface area contributed by atoms with E-state index in [9.17, 15) is 4.79 Å². The van der Waals surface area contributed by atoms with Crippen LogP contribution >= 0.6 is 22.9 Å². The summed E-state index contributed by atoms with van der Waals surface area (Å²) in [6.45, 7) is 1.98. The van der Waals surface area contributed by atoms with Crippen LogP contribution in [-0.2, 0) is 0 Å². The molecule has 1 unspecified atom stereocenters. The molecule has 2 nitrogen and oxygen atoms in total. The SMILES string of the molecule is C#CCC(CC)NC(=O)c1sccc1Cl. The molecule has 1 aromatic heterocycles. The third-order valence-corrected chi connectivity index (χ3v) is 3.36. The molecule has 0 aliphatic carbocycles. The van der Waals surface area contributed by atoms with Gasteiger partial charge in [0.15, 0.2) is 0 Å². The summed E-state index contributed by atoms with van der Waals surface area (Å²) >= 11 is 7.18. The Labute approximate surface area is 98.6 Å². The Morgan fingerprint density at radius 3 is 3.00 bits per heavy atom. The molecule has 1 aromatic rings. The molecule has 0 spiro atoms. The van der Waals surface area contributed by atoms with Gasteiger partial charge in [0.2, 0.25) is 0 Å². The van der Waals surface area contributed by atoms with Crippen LogP contribution in [0.1, 0.15) is 29.4 Å². The highest BCUT2D eigenvalue weighted by molar-refractivity contribution is 7.12. The van der Waals surface area contributed by atoms with Crippen molar-refractivity contribution >= 4 is 28.8 Å². The average molecular weight is 242 g/mol. The molecule has 0 saturated heterocycles. The molecular weight excluding hydrogens is 230 g/mol. The van der Waals surface area contributed by atoms with Gasteiger partial charge in [-0.15, -0.1) is 23.7 Å². The first kappa shape index (κ1) is 12.1. The van der Waals surface area contributed by atoms with Gasteiger partial charge in [-0.25, -0.2) is 0 Å². The monoisotopic (exact) mass is 241 g/mol. The van der Waals surface area contributed by atoms with Crippen LogP contribution in [0, 0.1) is 12.3 Å². The molecule has 1 amide bonds. The van der Waals surface area contributed by atoms with Crippen LogP contribution in [-0.4, -0.2) is 11.9 Å². The summed E-state index contributed by atoms with van der Waals surface area (Å²) in [7, 11) is 0. The Kier molecular flexibility index (Phi) is 4.67. The van der Waals surface area contributed by atoms with Gasteiger partial charge in [0, 0.05) is 12.5 Å². The van der Waals surface area contributed by atoms with Crippen LogP contribution in [0.3, 0.4) is 0 Å². The molecular formula is C11H12ClNOS. The second-order valence-electron chi connectivity index (χ2n) is 3.08. The molecule has 0 radical (unpaired) electrons. The number of amides is 1. The molecule has 1 heterocycles. The normalized spacial score (nSPS) is 11.8. The first-order chi connectivity index (χ1) is 7.19. The third kappa shape index (κ3) is 3.26. The largest absolute Gasteiger partial charge is 0.348 e. The van der Waals surface area contributed by atoms with Crippen molar-refractivity contribution in [3.63, 3.8) is 0 Å². The molecule has 0 aliphatic heterocycles. The van der Waals surface area contributed by atoms with Gasteiger partial charge in [0.1, 0.15) is 4.88 Å². The van der Waals surface area contributed by atoms with Gasteiger partial charge < -0.3 is 5.32 Å². The van der Waals surface area contributed by atoms with Crippen molar-refractivity contribution in [2.24, 2.45) is 0 Å². The first-order valence-corrected chi connectivity index (χ1v) is 5.92. The quantitative estimate of drug-likeness (QED) is 0.807. The summed E-state index contributed by atoms with van der Waals surface area (Å²) in [5.41, 5.74) is 0. The van der Waals surface area contributed by atoms with Crippen molar-refractivity contribution in [2.75, 3.05) is 0 Å². The van der Waals surface area contributed by atoms with Crippen LogP contribution in [0.15, 0.2) is 11.4 Å². The van der Waals surface area contributed by atoms with E-state index in [2.05, 4.69) is 11.2 Å². The zero-order valence-electron chi connectivity index (χ0n) is 8.42. The minimum atomic E-state index is -0.142. The van der Waals surface area contributed by atoms with E-state index in [0.29, 0.717) is 16.3 Å². The lowest BCUT2D eigenvalue weighted by Gasteiger charge is -2.13. The fourth-order valence-corrected chi connectivity index (χ4v) is 2.19. The molecule has 1 N–H and O–H groups in total. The van der Waals surface area contributed by atoms with Gasteiger partial charge in [-0.05, 0) is 17.9 Å². The number of nitrogens with one attached hydrogen (secondary N) is 1. The summed E-state index contributed by atoms with van der Waals surface area (Å²) in [4.78, 5) is 12.3. The Bertz CT molecular complexity index is 380. The number of hydrogen-bond acceptors (Lipinski definition) is 2. The smallest absolute Gasteiger partial charge is 0.263 e. The Morgan fingerprint density at radius 1 is 1.80 bits per heavy atom. The maximum absolute atomic E-state index is 11.7. The lowest BCUT2D eigenvalue weighted by Crippen LogP contribution is -2.33. The zero-order valence-corrected chi connectivity index (χ0v) is 9.99. The van der Waals surface area contributed by atoms with Crippen LogP contribution < -0.4 is 5.32 Å². The molecule has 15 heavy (non-hydrogen) atoms. The van der Waals surface area contributed by atoms with Crippen molar-refractivity contribution < 1.29 is 4.79 Å². The highest BCUT2D eigenvalue weighted by atomic mass is 35.5. The number of hydrogen-bond donors (Lipinski definition) is 1. The predicted octanol–water partition coefficient (Wildman–Crippen LogP) is 2.93. The van der Waals surface area contributed by atoms with Crippen LogP contribution in [0.2, 0.25) is 5.02 Å². The first-order valence-electron chi connectivity index (χ1n) is 4.66. The fraction of sp³-hybridized carbons (Fsp3) is 0.364. The topological polar surface area (TPSA) is 29.1 Å². The summed E-state index contributed by atoms with van der Waals surface area (Å²) < 4.78 is 0. The summed E-state index contributed by atoms with van der Waals surface area (Å²) in [5, 5.41) is 5.14. The van der Waals surface area contributed by atoms with Gasteiger partial charge in [-0.2, -0.15) is 0 Å². The molecule has 1 atom stereocenters. The van der Waals surface area contributed by atoms with Crippen LogP contribution in [0.25, 0.3) is 0 Å². The lowest BCUT2D eigenvalue weighted by atomic mass is 10.1. The van der Waals surface area contributed by atoms with E-state index >= 15 is 0 Å². The summed E-state index contributed by atoms with van der Waals surface area (Å²) in [6, 6.07) is 1.74. The molecule has 4 heteroatoms. The number of terminal acetylenes is 1. The number of rotatable bonds is 4. The standard InChI is InChI=1S/C11H12ClNOS/c1-3-5-8(4-2)13-11(14)10-9(12)6-7-15-10/h1,6-8H,4-5H2,2H3,(H,13,14). The Hall–Kier alpha value is -0.980. The number of carbonyl (C=O) groups is 1. The molecule has 0 saturated carbocycles. The van der Waals surface area contributed by atoms with Crippen molar-refractivity contribution in [3.05, 3.63) is 21.3 Å². The third-order valence-electron chi connectivity index (χ3n) is 2.02. The fourth-order valence-electron chi connectivity index (χ4n) is 1.15. The van der Waals surface area contributed by atoms with E-state index in [1.165, 1.54) is 11.3 Å². The highest BCUT2D eigenvalue weighted by Crippen LogP contribution is 2.21. The van der Waals surface area contributed by atoms with E-state index in [1.54, 1.807) is 11.4 Å². The lowest BCUT2D eigenvalue weighted by molar-refractivity contribution is 0.0941. The van der Waals surface area contributed by atoms with Crippen molar-refractivity contribution in [1.82, 2.24) is 5.32 Å². The molecule has 80 valence electrons. The predicted molar refractivity (Wildman–Crippen MR) is 64.3 cm³/mol. The molecule has 0 aliphatic rings. The van der Waals surface area contributed by atoms with Gasteiger partial charge in [0.05, 0.1) is 5.02 Å². The number of carbonyl (C=O) groups excluding carboxylic acids is 1. The number of thiophene rings is 1. The van der Waals surface area contributed by atoms with Gasteiger partial charge in [0.25, 0.3) is 5.91 Å². The van der Waals surface area contributed by atoms with E-state index in [0.717, 1.165) is 6.42 Å². The van der Waals surface area contributed by atoms with Crippen LogP contribution in [0.4, 0.5) is 0 Å². The summed E-state index contributed by atoms with van der Waals surface area (Å²) in [6.07, 6.45) is 6.57. The Balaban J connectivity index is 2.63. The second-order valence-corrected chi connectivity index (χ2v) is 4.41. The molecule has 0 aromatic carbocycles. The van der Waals surface area contributed by atoms with Crippen molar-refractivity contribution in [2.45, 2.75) is 25.8 Å². The van der Waals surface area contributed by atoms with Gasteiger partial charge >= 0.3 is 0 Å². The molecule has 0 bridgehead atoms. The Morgan fingerprint density at radius 2 is 2.53 bits per heavy atom. The molecule has 0 fully saturated rings. The number of halogens is 1. The molecule has 1 rings (SSSR count). The van der Waals surface area contributed by atoms with Crippen molar-refractivity contribution in [1.29, 1.82) is 0 Å². The van der Waals surface area contributed by atoms with Gasteiger partial charge in [-0.3, -0.25) is 4.79 Å². The van der Waals surface area contributed by atoms with E-state index < -0.39 is 0 Å². The minimum Gasteiger partial charge on any atom is -0.348 e. The van der Waals surface area contributed by atoms with Gasteiger partial charge in [-0.1, -0.05) is 18.5 Å². The van der Waals surface area contributed by atoms with Crippen LogP contribution in [0.5, 0.6) is 0 Å². The average Bonchev–Trinajstić information content (AvgIpc) is 2.63. The second kappa shape index (κ2) is 5.79. The van der Waals surface area contributed by atoms with Crippen molar-refractivity contribution in [3.8, 4) is 12.3 Å².